The Morgan fingerprint density at radius 3 is 2.68 bits per heavy atom. The topological polar surface area (TPSA) is 68.1 Å². The predicted octanol–water partition coefficient (Wildman–Crippen LogP) is 3.03. The molecule has 0 saturated carbocycles. The van der Waals surface area contributed by atoms with Crippen molar-refractivity contribution < 1.29 is 4.74 Å². The highest BCUT2D eigenvalue weighted by atomic mass is 35.5. The average Bonchev–Trinajstić information content (AvgIpc) is 2.76. The highest BCUT2D eigenvalue weighted by Crippen LogP contribution is 2.41. The summed E-state index contributed by atoms with van der Waals surface area (Å²) in [6.07, 6.45) is 0.811. The Kier molecular flexibility index (Phi) is 4.28. The summed E-state index contributed by atoms with van der Waals surface area (Å²) in [4.78, 5) is 15.2. The first-order valence-corrected chi connectivity index (χ1v) is 7.43. The third-order valence-electron chi connectivity index (χ3n) is 4.36. The number of halogens is 1. The molecule has 1 aromatic heterocycles. The first-order valence-electron chi connectivity index (χ1n) is 7.43. The van der Waals surface area contributed by atoms with E-state index in [1.165, 1.54) is 5.56 Å². The van der Waals surface area contributed by atoms with Gasteiger partial charge in [0.05, 0.1) is 5.52 Å². The Morgan fingerprint density at radius 2 is 2.09 bits per heavy atom. The number of fused-ring (bicyclic) bond motifs is 3. The smallest absolute Gasteiger partial charge is 0.251 e. The van der Waals surface area contributed by atoms with Crippen LogP contribution in [0.5, 0.6) is 5.75 Å². The maximum Gasteiger partial charge on any atom is 0.251 e. The van der Waals surface area contributed by atoms with Gasteiger partial charge in [-0.1, -0.05) is 19.9 Å². The van der Waals surface area contributed by atoms with Crippen molar-refractivity contribution in [3.05, 3.63) is 39.2 Å². The van der Waals surface area contributed by atoms with Crippen molar-refractivity contribution in [1.29, 1.82) is 0 Å². The molecule has 0 saturated heterocycles. The molecule has 0 amide bonds. The number of nitrogens with two attached hydrogens (primary N) is 1. The van der Waals surface area contributed by atoms with Crippen molar-refractivity contribution >= 4 is 23.3 Å². The lowest BCUT2D eigenvalue weighted by Gasteiger charge is -2.21. The highest BCUT2D eigenvalue weighted by molar-refractivity contribution is 5.90. The molecule has 1 aliphatic heterocycles. The molecule has 0 bridgehead atoms. The Bertz CT molecular complexity index is 782. The van der Waals surface area contributed by atoms with Crippen molar-refractivity contribution in [3.63, 3.8) is 0 Å². The van der Waals surface area contributed by atoms with Crippen LogP contribution < -0.4 is 16.0 Å². The van der Waals surface area contributed by atoms with Crippen LogP contribution in [-0.2, 0) is 6.42 Å². The molecule has 0 fully saturated rings. The molecule has 3 rings (SSSR count). The minimum Gasteiger partial charge on any atom is -0.485 e. The lowest BCUT2D eigenvalue weighted by atomic mass is 9.95. The number of aryl methyl sites for hydroxylation is 1. The van der Waals surface area contributed by atoms with Crippen LogP contribution in [0, 0.1) is 6.92 Å². The molecule has 5 heteroatoms. The largest absolute Gasteiger partial charge is 0.485 e. The van der Waals surface area contributed by atoms with E-state index in [1.807, 2.05) is 33.8 Å². The van der Waals surface area contributed by atoms with Crippen LogP contribution in [0.2, 0.25) is 0 Å². The Balaban J connectivity index is 0.00000176. The maximum atomic E-state index is 12.2. The van der Waals surface area contributed by atoms with E-state index in [0.29, 0.717) is 6.54 Å². The molecule has 2 heterocycles. The van der Waals surface area contributed by atoms with E-state index in [-0.39, 0.29) is 29.5 Å². The van der Waals surface area contributed by atoms with Crippen molar-refractivity contribution in [3.8, 4) is 5.75 Å². The summed E-state index contributed by atoms with van der Waals surface area (Å²) in [6.45, 7) is 8.58. The van der Waals surface area contributed by atoms with Gasteiger partial charge in [0.2, 0.25) is 0 Å². The van der Waals surface area contributed by atoms with Crippen LogP contribution in [-0.4, -0.2) is 17.1 Å². The minimum absolute atomic E-state index is 0. The van der Waals surface area contributed by atoms with E-state index in [4.69, 9.17) is 10.5 Å². The Hall–Kier alpha value is -1.52. The number of H-pyrrole nitrogens is 1. The molecule has 0 spiro atoms. The van der Waals surface area contributed by atoms with Crippen LogP contribution in [0.15, 0.2) is 16.9 Å². The number of hydrogen-bond donors (Lipinski definition) is 2. The fourth-order valence-corrected chi connectivity index (χ4v) is 3.09. The van der Waals surface area contributed by atoms with Gasteiger partial charge in [-0.15, -0.1) is 12.4 Å². The van der Waals surface area contributed by atoms with Crippen LogP contribution in [0.25, 0.3) is 10.9 Å². The number of aromatic amines is 1. The van der Waals surface area contributed by atoms with E-state index in [1.54, 1.807) is 0 Å². The quantitative estimate of drug-likeness (QED) is 0.893. The summed E-state index contributed by atoms with van der Waals surface area (Å²) in [5.41, 5.74) is 9.39. The van der Waals surface area contributed by atoms with Gasteiger partial charge < -0.3 is 15.5 Å². The molecule has 4 nitrogen and oxygen atoms in total. The van der Waals surface area contributed by atoms with Crippen molar-refractivity contribution in [2.75, 3.05) is 6.54 Å². The Labute approximate surface area is 136 Å². The number of rotatable bonds is 2. The molecule has 1 unspecified atom stereocenters. The zero-order valence-electron chi connectivity index (χ0n) is 13.4. The monoisotopic (exact) mass is 322 g/mol. The van der Waals surface area contributed by atoms with Gasteiger partial charge >= 0.3 is 0 Å². The highest BCUT2D eigenvalue weighted by Gasteiger charge is 2.35. The van der Waals surface area contributed by atoms with Gasteiger partial charge in [0.25, 0.3) is 5.56 Å². The molecular weight excluding hydrogens is 300 g/mol. The molecule has 1 aromatic carbocycles. The fraction of sp³-hybridized carbons (Fsp3) is 0.471. The first kappa shape index (κ1) is 16.8. The number of ether oxygens (including phenoxy) is 1. The van der Waals surface area contributed by atoms with Crippen LogP contribution >= 0.6 is 12.4 Å². The summed E-state index contributed by atoms with van der Waals surface area (Å²) in [7, 11) is 0. The second kappa shape index (κ2) is 5.60. The minimum atomic E-state index is -0.350. The van der Waals surface area contributed by atoms with Crippen LogP contribution in [0.1, 0.15) is 43.4 Å². The lowest BCUT2D eigenvalue weighted by molar-refractivity contribution is 0.127. The van der Waals surface area contributed by atoms with Gasteiger partial charge in [0.15, 0.2) is 0 Å². The third kappa shape index (κ3) is 2.50. The fourth-order valence-electron chi connectivity index (χ4n) is 3.09. The Morgan fingerprint density at radius 1 is 1.41 bits per heavy atom. The van der Waals surface area contributed by atoms with E-state index >= 15 is 0 Å². The molecule has 1 aliphatic rings. The summed E-state index contributed by atoms with van der Waals surface area (Å²) < 4.78 is 6.14. The summed E-state index contributed by atoms with van der Waals surface area (Å²) in [5, 5.41) is 0.991. The van der Waals surface area contributed by atoms with Gasteiger partial charge in [0.1, 0.15) is 11.4 Å². The van der Waals surface area contributed by atoms with Crippen LogP contribution in [0.4, 0.5) is 0 Å². The van der Waals surface area contributed by atoms with Gasteiger partial charge in [-0.3, -0.25) is 4.79 Å². The molecule has 0 aliphatic carbocycles. The standard InChI is InChI=1S/C17H22N2O2.ClH/c1-9(2)12-6-13-14(19-16(12)20)10(3)5-11-7-17(4,8-18)21-15(11)13;/h5-6,9H,7-8,18H2,1-4H3,(H,19,20);1H. The predicted molar refractivity (Wildman–Crippen MR) is 92.4 cm³/mol. The van der Waals surface area contributed by atoms with Gasteiger partial charge in [-0.2, -0.15) is 0 Å². The number of aromatic nitrogens is 1. The van der Waals surface area contributed by atoms with Crippen molar-refractivity contribution in [2.45, 2.75) is 45.6 Å². The number of nitrogens with one attached hydrogen (secondary N) is 1. The molecule has 3 N–H and O–H groups in total. The second-order valence-corrected chi connectivity index (χ2v) is 6.61. The molecule has 22 heavy (non-hydrogen) atoms. The zero-order valence-corrected chi connectivity index (χ0v) is 14.3. The van der Waals surface area contributed by atoms with Gasteiger partial charge in [0, 0.05) is 23.9 Å². The molecular formula is C17H23ClN2O2. The van der Waals surface area contributed by atoms with E-state index in [9.17, 15) is 4.79 Å². The first-order chi connectivity index (χ1) is 9.84. The number of benzene rings is 1. The lowest BCUT2D eigenvalue weighted by Crippen LogP contribution is -2.38. The van der Waals surface area contributed by atoms with Crippen LogP contribution in [0.3, 0.4) is 0 Å². The van der Waals surface area contributed by atoms with Crippen molar-refractivity contribution in [2.24, 2.45) is 5.73 Å². The number of pyridine rings is 1. The average molecular weight is 323 g/mol. The summed E-state index contributed by atoms with van der Waals surface area (Å²) in [6, 6.07) is 4.08. The van der Waals surface area contributed by atoms with Gasteiger partial charge in [-0.25, -0.2) is 0 Å². The van der Waals surface area contributed by atoms with E-state index in [2.05, 4.69) is 11.1 Å². The van der Waals surface area contributed by atoms with Crippen molar-refractivity contribution in [1.82, 2.24) is 4.98 Å². The zero-order chi connectivity index (χ0) is 15.4. The third-order valence-corrected chi connectivity index (χ3v) is 4.36. The molecule has 120 valence electrons. The van der Waals surface area contributed by atoms with E-state index in [0.717, 1.165) is 34.2 Å². The second-order valence-electron chi connectivity index (χ2n) is 6.61. The SMILES string of the molecule is Cc1cc2c(c3cc(C(C)C)c(=O)[nH]c13)OC(C)(CN)C2.Cl. The molecule has 2 aromatic rings. The number of hydrogen-bond acceptors (Lipinski definition) is 3. The molecule has 1 atom stereocenters. The summed E-state index contributed by atoms with van der Waals surface area (Å²) >= 11 is 0. The normalized spacial score (nSPS) is 19.9. The molecule has 0 radical (unpaired) electrons. The maximum absolute atomic E-state index is 12.2. The summed E-state index contributed by atoms with van der Waals surface area (Å²) in [5.74, 6) is 1.05. The van der Waals surface area contributed by atoms with Gasteiger partial charge in [-0.05, 0) is 37.0 Å². The van der Waals surface area contributed by atoms with E-state index < -0.39 is 0 Å².